The number of likely N-dealkylation sites (tertiary alicyclic amines) is 1. The molecule has 0 radical (unpaired) electrons. The molecule has 0 bridgehead atoms. The van der Waals surface area contributed by atoms with E-state index < -0.39 is 11.5 Å². The predicted octanol–water partition coefficient (Wildman–Crippen LogP) is 3.69. The number of ether oxygens (including phenoxy) is 3. The Hall–Kier alpha value is -2.12. The number of hydrogen-bond acceptors (Lipinski definition) is 9. The third-order valence-corrected chi connectivity index (χ3v) is 9.01. The Kier molecular flexibility index (Phi) is 25.3. The van der Waals surface area contributed by atoms with E-state index in [4.69, 9.17) is 19.3 Å². The summed E-state index contributed by atoms with van der Waals surface area (Å²) < 4.78 is 17.4. The van der Waals surface area contributed by atoms with Crippen molar-refractivity contribution in [3.05, 3.63) is 0 Å². The van der Waals surface area contributed by atoms with Crippen LogP contribution >= 0.6 is 0 Å². The van der Waals surface area contributed by atoms with Crippen molar-refractivity contribution >= 4 is 23.5 Å². The lowest BCUT2D eigenvalue weighted by atomic mass is 9.84. The summed E-state index contributed by atoms with van der Waals surface area (Å²) in [6.07, 6.45) is 13.6. The number of carbonyl (C=O) groups is 4. The van der Waals surface area contributed by atoms with Gasteiger partial charge in [-0.1, -0.05) is 51.4 Å². The molecule has 2 atom stereocenters. The molecule has 1 aliphatic heterocycles. The molecule has 3 amide bonds. The van der Waals surface area contributed by atoms with Gasteiger partial charge in [0.25, 0.3) is 0 Å². The van der Waals surface area contributed by atoms with Crippen LogP contribution in [0.1, 0.15) is 122 Å². The summed E-state index contributed by atoms with van der Waals surface area (Å²) >= 11 is 0. The van der Waals surface area contributed by atoms with E-state index in [0.29, 0.717) is 32.4 Å². The van der Waals surface area contributed by atoms with Crippen molar-refractivity contribution in [2.45, 2.75) is 135 Å². The van der Waals surface area contributed by atoms with Gasteiger partial charge < -0.3 is 40.0 Å². The van der Waals surface area contributed by atoms with Gasteiger partial charge in [-0.15, -0.1) is 0 Å². The number of hydrogen-bond donors (Lipinski definition) is 4. The molecule has 4 N–H and O–H groups in total. The van der Waals surface area contributed by atoms with Crippen molar-refractivity contribution in [3.63, 3.8) is 0 Å². The fourth-order valence-electron chi connectivity index (χ4n) is 6.20. The molecule has 12 nitrogen and oxygen atoms in total. The van der Waals surface area contributed by atoms with Crippen molar-refractivity contribution in [1.82, 2.24) is 15.5 Å². The van der Waals surface area contributed by atoms with Gasteiger partial charge >= 0.3 is 0 Å². The second-order valence-corrected chi connectivity index (χ2v) is 13.3. The molecule has 1 aliphatic rings. The first-order valence-electron chi connectivity index (χ1n) is 18.4. The Morgan fingerprint density at radius 1 is 0.729 bits per heavy atom. The van der Waals surface area contributed by atoms with Crippen LogP contribution in [0.4, 0.5) is 0 Å². The minimum atomic E-state index is -0.699. The third-order valence-electron chi connectivity index (χ3n) is 9.01. The smallest absolute Gasteiger partial charge is 0.222 e. The summed E-state index contributed by atoms with van der Waals surface area (Å²) in [5.74, 6) is 0.0442. The van der Waals surface area contributed by atoms with Crippen LogP contribution in [0.3, 0.4) is 0 Å². The number of ketones is 1. The van der Waals surface area contributed by atoms with Crippen molar-refractivity contribution in [2.75, 3.05) is 66.9 Å². The monoisotopic (exact) mass is 685 g/mol. The van der Waals surface area contributed by atoms with E-state index >= 15 is 0 Å². The fourth-order valence-corrected chi connectivity index (χ4v) is 6.20. The summed E-state index contributed by atoms with van der Waals surface area (Å²) in [6.45, 7) is 4.19. The number of nitrogens with one attached hydrogen (secondary N) is 2. The molecular weight excluding hydrogens is 618 g/mol. The Labute approximate surface area is 289 Å². The number of β-amino-alcohol motifs (C(OH)–C–C–N with tert-alkyl or cyclic N) is 1. The highest BCUT2D eigenvalue weighted by molar-refractivity contribution is 5.79. The van der Waals surface area contributed by atoms with E-state index in [2.05, 4.69) is 10.6 Å². The molecule has 0 spiro atoms. The molecule has 48 heavy (non-hydrogen) atoms. The first-order valence-corrected chi connectivity index (χ1v) is 18.4. The van der Waals surface area contributed by atoms with Crippen LogP contribution in [0, 0.1) is 5.41 Å². The topological polar surface area (TPSA) is 164 Å². The SMILES string of the molecule is CCOCC(COCCC(=O)NC)(COCCC(=O)NC)CC(=O)CCCCCCCCCCC(=O)N1C[C@H](O)C[C@H]1CCCCCO. The van der Waals surface area contributed by atoms with E-state index in [9.17, 15) is 24.3 Å². The molecule has 0 aliphatic carbocycles. The van der Waals surface area contributed by atoms with Crippen LogP contribution in [0.25, 0.3) is 0 Å². The maximum Gasteiger partial charge on any atom is 0.222 e. The number of rotatable bonds is 31. The Morgan fingerprint density at radius 3 is 1.79 bits per heavy atom. The molecule has 0 aromatic heterocycles. The van der Waals surface area contributed by atoms with Gasteiger partial charge in [-0.2, -0.15) is 0 Å². The molecule has 0 aromatic carbocycles. The van der Waals surface area contributed by atoms with Gasteiger partial charge in [0.1, 0.15) is 5.78 Å². The molecule has 12 heteroatoms. The number of carbonyl (C=O) groups excluding carboxylic acids is 4. The molecule has 280 valence electrons. The molecule has 0 aromatic rings. The second kappa shape index (κ2) is 27.7. The zero-order valence-electron chi connectivity index (χ0n) is 30.2. The summed E-state index contributed by atoms with van der Waals surface area (Å²) in [6, 6.07) is 0.126. The molecule has 1 saturated heterocycles. The lowest BCUT2D eigenvalue weighted by Gasteiger charge is -2.32. The van der Waals surface area contributed by atoms with E-state index in [-0.39, 0.29) is 88.5 Å². The van der Waals surface area contributed by atoms with Gasteiger partial charge in [0.05, 0.1) is 39.1 Å². The number of aliphatic hydroxyl groups is 2. The normalized spacial score (nSPS) is 16.3. The molecule has 1 fully saturated rings. The Morgan fingerprint density at radius 2 is 1.25 bits per heavy atom. The van der Waals surface area contributed by atoms with Gasteiger partial charge in [-0.25, -0.2) is 0 Å². The van der Waals surface area contributed by atoms with Gasteiger partial charge in [-0.05, 0) is 39.0 Å². The van der Waals surface area contributed by atoms with Crippen LogP contribution < -0.4 is 10.6 Å². The molecule has 0 unspecified atom stereocenters. The number of nitrogens with zero attached hydrogens (tertiary/aromatic N) is 1. The fraction of sp³-hybridized carbons (Fsp3) is 0.889. The molecule has 1 heterocycles. The van der Waals surface area contributed by atoms with Crippen LogP contribution in [-0.2, 0) is 33.4 Å². The zero-order chi connectivity index (χ0) is 35.5. The molecule has 0 saturated carbocycles. The highest BCUT2D eigenvalue weighted by Gasteiger charge is 2.35. The Balaban J connectivity index is 2.36. The van der Waals surface area contributed by atoms with Crippen molar-refractivity contribution < 1.29 is 43.6 Å². The van der Waals surface area contributed by atoms with Gasteiger partial charge in [0.15, 0.2) is 0 Å². The molecule has 1 rings (SSSR count). The van der Waals surface area contributed by atoms with E-state index in [0.717, 1.165) is 77.0 Å². The minimum absolute atomic E-state index is 0.118. The lowest BCUT2D eigenvalue weighted by molar-refractivity contribution is -0.132. The number of amides is 3. The van der Waals surface area contributed by atoms with E-state index in [1.54, 1.807) is 14.1 Å². The average Bonchev–Trinajstić information content (AvgIpc) is 3.46. The third kappa shape index (κ3) is 20.4. The number of unbranched alkanes of at least 4 members (excludes halogenated alkanes) is 9. The summed E-state index contributed by atoms with van der Waals surface area (Å²) in [5, 5.41) is 24.2. The average molecular weight is 686 g/mol. The second-order valence-electron chi connectivity index (χ2n) is 13.3. The Bertz CT molecular complexity index is 865. The van der Waals surface area contributed by atoms with Crippen molar-refractivity contribution in [3.8, 4) is 0 Å². The van der Waals surface area contributed by atoms with Gasteiger partial charge in [-0.3, -0.25) is 19.2 Å². The first kappa shape index (κ1) is 43.9. The van der Waals surface area contributed by atoms with Crippen molar-refractivity contribution in [1.29, 1.82) is 0 Å². The predicted molar refractivity (Wildman–Crippen MR) is 185 cm³/mol. The summed E-state index contributed by atoms with van der Waals surface area (Å²) in [4.78, 5) is 51.0. The van der Waals surface area contributed by atoms with E-state index in [1.807, 2.05) is 11.8 Å². The largest absolute Gasteiger partial charge is 0.396 e. The molecular formula is C36H67N3O9. The zero-order valence-corrected chi connectivity index (χ0v) is 30.2. The van der Waals surface area contributed by atoms with Crippen LogP contribution in [0.15, 0.2) is 0 Å². The maximum atomic E-state index is 13.1. The summed E-state index contributed by atoms with van der Waals surface area (Å²) in [5.41, 5.74) is -0.699. The maximum absolute atomic E-state index is 13.1. The number of Topliss-reactive ketones (excluding diaryl/α,β-unsaturated/α-hetero) is 1. The van der Waals surface area contributed by atoms with Crippen LogP contribution in [-0.4, -0.2) is 118 Å². The summed E-state index contributed by atoms with van der Waals surface area (Å²) in [7, 11) is 3.16. The first-order chi connectivity index (χ1) is 23.2. The highest BCUT2D eigenvalue weighted by Crippen LogP contribution is 2.27. The quantitative estimate of drug-likeness (QED) is 0.0798. The highest BCUT2D eigenvalue weighted by atomic mass is 16.5. The standard InChI is InChI=1S/C36H67N3O9/c1-4-46-27-36(28-47-22-19-33(43)37-2,29-48-23-20-34(44)38-3)25-31(41)17-13-9-7-5-6-8-10-14-18-35(45)39-26-32(42)24-30(39)16-12-11-15-21-40/h30,32,40,42H,4-29H2,1-3H3,(H,37,43)(H,38,44)/t30-,32-/m1/s1. The lowest BCUT2D eigenvalue weighted by Crippen LogP contribution is -2.40. The van der Waals surface area contributed by atoms with Crippen LogP contribution in [0.5, 0.6) is 0 Å². The number of aliphatic hydroxyl groups excluding tert-OH is 2. The van der Waals surface area contributed by atoms with E-state index in [1.165, 1.54) is 0 Å². The van der Waals surface area contributed by atoms with Gasteiger partial charge in [0.2, 0.25) is 17.7 Å². The minimum Gasteiger partial charge on any atom is -0.396 e. The van der Waals surface area contributed by atoms with Crippen LogP contribution in [0.2, 0.25) is 0 Å². The van der Waals surface area contributed by atoms with Crippen molar-refractivity contribution in [2.24, 2.45) is 5.41 Å². The van der Waals surface area contributed by atoms with Gasteiger partial charge in [0, 0.05) is 77.4 Å².